The number of hydrogen-bond donors (Lipinski definition) is 4. The summed E-state index contributed by atoms with van der Waals surface area (Å²) in [5.41, 5.74) is 15.7. The van der Waals surface area contributed by atoms with Crippen LogP contribution in [0.15, 0.2) is 97.1 Å². The molecule has 57 heavy (non-hydrogen) atoms. The monoisotopic (exact) mass is 797 g/mol. The molecule has 4 aliphatic heterocycles. The smallest absolute Gasteiger partial charge is 0.550 e. The van der Waals surface area contributed by atoms with E-state index in [0.29, 0.717) is 0 Å². The molecule has 0 aliphatic carbocycles. The standard InChI is InChI=1S/2C20H14N4.2C2H4O2.Co/c2*1-2-14-10-16-5-6-18(23-16)12-20-8-7-19(24-20)11-17-4-3-15(22-17)9-13(1)21-14;2*1-2(3)4;/h2*1-12,21-22H;2*1H3,(H,3,4);/q;;;;+2/p-2. The second-order valence-corrected chi connectivity index (χ2v) is 12.8. The summed E-state index contributed by atoms with van der Waals surface area (Å²) in [5.74, 6) is -2.17. The quantitative estimate of drug-likeness (QED) is 0.128. The van der Waals surface area contributed by atoms with E-state index in [0.717, 1.165) is 104 Å². The van der Waals surface area contributed by atoms with E-state index in [1.807, 2.05) is 85.0 Å². The van der Waals surface area contributed by atoms with Gasteiger partial charge in [-0.05, 0) is 160 Å². The molecule has 283 valence electrons. The summed E-state index contributed by atoms with van der Waals surface area (Å²) in [5, 5.41) is 17.8. The molecule has 1 radical (unpaired) electrons. The molecule has 12 nitrogen and oxygen atoms in total. The van der Waals surface area contributed by atoms with Gasteiger partial charge >= 0.3 is 16.8 Å². The first-order chi connectivity index (χ1) is 27.1. The minimum atomic E-state index is -1.08. The van der Waals surface area contributed by atoms with Crippen molar-refractivity contribution in [2.75, 3.05) is 0 Å². The first kappa shape index (κ1) is 39.3. The van der Waals surface area contributed by atoms with Gasteiger partial charge in [-0.25, -0.2) is 19.9 Å². The second kappa shape index (κ2) is 17.9. The first-order valence-corrected chi connectivity index (χ1v) is 17.5. The van der Waals surface area contributed by atoms with Crippen molar-refractivity contribution in [1.29, 1.82) is 0 Å². The van der Waals surface area contributed by atoms with Gasteiger partial charge in [0, 0.05) is 56.1 Å². The van der Waals surface area contributed by atoms with E-state index in [9.17, 15) is 0 Å². The molecule has 0 fully saturated rings. The minimum Gasteiger partial charge on any atom is -0.550 e. The van der Waals surface area contributed by atoms with Crippen molar-refractivity contribution in [3.63, 3.8) is 0 Å². The van der Waals surface area contributed by atoms with Crippen molar-refractivity contribution in [1.82, 2.24) is 39.9 Å². The van der Waals surface area contributed by atoms with Gasteiger partial charge in [-0.3, -0.25) is 0 Å². The van der Waals surface area contributed by atoms with E-state index in [1.165, 1.54) is 0 Å². The van der Waals surface area contributed by atoms with E-state index in [2.05, 4.69) is 101 Å². The Morgan fingerprint density at radius 1 is 0.351 bits per heavy atom. The maximum Gasteiger partial charge on any atom is 2.00 e. The molecule has 0 aromatic carbocycles. The number of aromatic amines is 4. The van der Waals surface area contributed by atoms with E-state index >= 15 is 0 Å². The summed E-state index contributed by atoms with van der Waals surface area (Å²) in [4.78, 5) is 49.8. The third-order valence-electron chi connectivity index (χ3n) is 8.08. The summed E-state index contributed by atoms with van der Waals surface area (Å²) < 4.78 is 0. The Kier molecular flexibility index (Phi) is 12.3. The van der Waals surface area contributed by atoms with Gasteiger partial charge in [-0.2, -0.15) is 0 Å². The number of carbonyl (C=O) groups excluding carboxylic acids is 2. The molecule has 10 heterocycles. The number of nitrogens with one attached hydrogen (secondary N) is 4. The number of H-pyrrole nitrogens is 4. The van der Waals surface area contributed by atoms with Gasteiger partial charge in [0.15, 0.2) is 0 Å². The Bertz CT molecular complexity index is 2540. The third-order valence-corrected chi connectivity index (χ3v) is 8.08. The van der Waals surface area contributed by atoms with Crippen LogP contribution in [0, 0.1) is 0 Å². The first-order valence-electron chi connectivity index (χ1n) is 17.5. The number of hydrogen-bond acceptors (Lipinski definition) is 8. The number of aliphatic carboxylic acids is 2. The molecule has 0 amide bonds. The third kappa shape index (κ3) is 11.3. The van der Waals surface area contributed by atoms with Crippen LogP contribution in [0.3, 0.4) is 0 Å². The van der Waals surface area contributed by atoms with Crippen LogP contribution < -0.4 is 10.2 Å². The normalized spacial score (nSPS) is 11.5. The molecule has 0 spiro atoms. The van der Waals surface area contributed by atoms with Gasteiger partial charge in [0.05, 0.1) is 45.6 Å². The van der Waals surface area contributed by atoms with Gasteiger partial charge in [-0.15, -0.1) is 0 Å². The summed E-state index contributed by atoms with van der Waals surface area (Å²) in [6.07, 6.45) is 16.1. The maximum atomic E-state index is 8.89. The Labute approximate surface area is 336 Å². The van der Waals surface area contributed by atoms with Gasteiger partial charge in [0.25, 0.3) is 0 Å². The van der Waals surface area contributed by atoms with Crippen LogP contribution in [-0.2, 0) is 26.4 Å². The Balaban J connectivity index is 0.000000160. The molecule has 6 aromatic heterocycles. The number of nitrogens with zero attached hydrogens (tertiary/aromatic N) is 4. The molecule has 6 aromatic rings. The molecule has 13 heteroatoms. The number of aromatic nitrogens is 8. The van der Waals surface area contributed by atoms with Gasteiger partial charge in [0.1, 0.15) is 0 Å². The van der Waals surface area contributed by atoms with Crippen molar-refractivity contribution in [3.8, 4) is 0 Å². The summed E-state index contributed by atoms with van der Waals surface area (Å²) in [6, 6.07) is 32.8. The Morgan fingerprint density at radius 2 is 0.509 bits per heavy atom. The fraction of sp³-hybridized carbons (Fsp3) is 0.0455. The van der Waals surface area contributed by atoms with Crippen LogP contribution >= 0.6 is 0 Å². The van der Waals surface area contributed by atoms with Crippen LogP contribution in [0.1, 0.15) is 59.4 Å². The molecule has 4 N–H and O–H groups in total. The average molecular weight is 798 g/mol. The zero-order chi connectivity index (χ0) is 39.0. The van der Waals surface area contributed by atoms with Crippen molar-refractivity contribution in [2.45, 2.75) is 13.8 Å². The zero-order valence-electron chi connectivity index (χ0n) is 30.6. The van der Waals surface area contributed by atoms with Crippen LogP contribution in [0.5, 0.6) is 0 Å². The molecule has 16 bridgehead atoms. The number of rotatable bonds is 0. The SMILES string of the molecule is C1=Cc2cc3ccc(cc4ccc(cc5nc(cc1n2)C=C5)[nH]4)[nH]3.C1=Cc2cc3ccc(cc4ccc(cc5nc(cc1n2)C=C5)[nH]4)[nH]3.CC(=O)[O-].CC(=O)[O-].[Co+2]. The van der Waals surface area contributed by atoms with Gasteiger partial charge in [0.2, 0.25) is 0 Å². The molecule has 10 rings (SSSR count). The topological polar surface area (TPSA) is 195 Å². The summed E-state index contributed by atoms with van der Waals surface area (Å²) in [7, 11) is 0. The van der Waals surface area contributed by atoms with E-state index in [4.69, 9.17) is 19.8 Å². The summed E-state index contributed by atoms with van der Waals surface area (Å²) >= 11 is 0. The van der Waals surface area contributed by atoms with E-state index in [-0.39, 0.29) is 16.8 Å². The predicted octanol–water partition coefficient (Wildman–Crippen LogP) is 6.82. The number of carboxylic acids is 2. The number of carbonyl (C=O) groups is 2. The fourth-order valence-electron chi connectivity index (χ4n) is 5.89. The van der Waals surface area contributed by atoms with Crippen LogP contribution in [0.2, 0.25) is 0 Å². The fourth-order valence-corrected chi connectivity index (χ4v) is 5.89. The minimum absolute atomic E-state index is 0. The van der Waals surface area contributed by atoms with Crippen molar-refractivity contribution in [2.24, 2.45) is 0 Å². The maximum absolute atomic E-state index is 8.89. The van der Waals surface area contributed by atoms with Gasteiger partial charge in [-0.1, -0.05) is 0 Å². The predicted molar refractivity (Wildman–Crippen MR) is 219 cm³/mol. The summed E-state index contributed by atoms with van der Waals surface area (Å²) in [6.45, 7) is 1.94. The van der Waals surface area contributed by atoms with Gasteiger partial charge < -0.3 is 39.7 Å². The van der Waals surface area contributed by atoms with Crippen molar-refractivity contribution < 1.29 is 36.6 Å². The molecular formula is C44H34CoN8O4. The van der Waals surface area contributed by atoms with Crippen LogP contribution in [-0.4, -0.2) is 51.8 Å². The molecule has 0 unspecified atom stereocenters. The number of carboxylic acid groups (broad SMARTS) is 2. The van der Waals surface area contributed by atoms with Crippen molar-refractivity contribution in [3.05, 3.63) is 143 Å². The Morgan fingerprint density at radius 3 is 0.702 bits per heavy atom. The molecule has 4 aliphatic rings. The largest absolute Gasteiger partial charge is 2.00 e. The average Bonchev–Trinajstić information content (AvgIpc) is 3.98. The van der Waals surface area contributed by atoms with Crippen LogP contribution in [0.4, 0.5) is 0 Å². The van der Waals surface area contributed by atoms with Crippen LogP contribution in [0.25, 0.3) is 92.7 Å². The van der Waals surface area contributed by atoms with Crippen molar-refractivity contribution >= 4 is 105 Å². The van der Waals surface area contributed by atoms with E-state index in [1.54, 1.807) is 0 Å². The number of fused-ring (bicyclic) bond motifs is 16. The Hall–Kier alpha value is -7.35. The zero-order valence-corrected chi connectivity index (χ0v) is 31.7. The molecular weight excluding hydrogens is 763 g/mol. The molecule has 0 saturated heterocycles. The van der Waals surface area contributed by atoms with E-state index < -0.39 is 11.9 Å². The molecule has 0 atom stereocenters. The molecule has 0 saturated carbocycles. The second-order valence-electron chi connectivity index (χ2n) is 12.8.